The van der Waals surface area contributed by atoms with E-state index in [4.69, 9.17) is 15.2 Å². The van der Waals surface area contributed by atoms with Gasteiger partial charge >= 0.3 is 0 Å². The number of hydrogen-bond acceptors (Lipinski definition) is 5. The first-order chi connectivity index (χ1) is 10.0. The lowest BCUT2D eigenvalue weighted by molar-refractivity contribution is 0.102. The van der Waals surface area contributed by atoms with Crippen molar-refractivity contribution in [2.75, 3.05) is 25.3 Å². The lowest BCUT2D eigenvalue weighted by atomic mass is 10.2. The van der Waals surface area contributed by atoms with Crippen molar-refractivity contribution in [3.63, 3.8) is 0 Å². The smallest absolute Gasteiger partial charge is 0.255 e. The maximum Gasteiger partial charge on any atom is 0.255 e. The van der Waals surface area contributed by atoms with Crippen LogP contribution in [0.25, 0.3) is 0 Å². The largest absolute Gasteiger partial charge is 0.493 e. The molecule has 0 aliphatic rings. The van der Waals surface area contributed by atoms with Gasteiger partial charge in [-0.1, -0.05) is 0 Å². The number of ether oxygens (including phenoxy) is 2. The predicted octanol–water partition coefficient (Wildman–Crippen LogP) is 2.24. The first-order valence-electron chi connectivity index (χ1n) is 6.30. The molecular formula is C15H17N3O3. The van der Waals surface area contributed by atoms with Crippen molar-refractivity contribution in [1.29, 1.82) is 0 Å². The van der Waals surface area contributed by atoms with E-state index in [0.717, 1.165) is 5.69 Å². The Bertz CT molecular complexity index is 671. The topological polar surface area (TPSA) is 86.5 Å². The molecule has 1 aromatic carbocycles. The molecule has 0 aliphatic heterocycles. The average Bonchev–Trinajstić information content (AvgIpc) is 2.48. The fraction of sp³-hybridized carbons (Fsp3) is 0.200. The zero-order valence-electron chi connectivity index (χ0n) is 12.1. The molecule has 0 saturated carbocycles. The molecule has 0 radical (unpaired) electrons. The Hall–Kier alpha value is -2.76. The summed E-state index contributed by atoms with van der Waals surface area (Å²) in [6.45, 7) is 1.82. The molecule has 21 heavy (non-hydrogen) atoms. The molecule has 0 bridgehead atoms. The number of pyridine rings is 1. The Morgan fingerprint density at radius 3 is 2.48 bits per heavy atom. The van der Waals surface area contributed by atoms with Gasteiger partial charge in [-0.05, 0) is 19.1 Å². The van der Waals surface area contributed by atoms with Gasteiger partial charge in [0.05, 0.1) is 25.6 Å². The normalized spacial score (nSPS) is 10.0. The number of aryl methyl sites for hydroxylation is 1. The SMILES string of the molecule is COc1cc(N)c(NC(=O)c2ccnc(C)c2)cc1OC. The summed E-state index contributed by atoms with van der Waals surface area (Å²) in [7, 11) is 3.04. The van der Waals surface area contributed by atoms with Gasteiger partial charge in [0.1, 0.15) is 0 Å². The van der Waals surface area contributed by atoms with Crippen LogP contribution in [0.1, 0.15) is 16.1 Å². The highest BCUT2D eigenvalue weighted by molar-refractivity contribution is 6.06. The van der Waals surface area contributed by atoms with Crippen LogP contribution in [0.4, 0.5) is 11.4 Å². The third kappa shape index (κ3) is 3.22. The van der Waals surface area contributed by atoms with E-state index in [-0.39, 0.29) is 5.91 Å². The maximum atomic E-state index is 12.2. The summed E-state index contributed by atoms with van der Waals surface area (Å²) >= 11 is 0. The lowest BCUT2D eigenvalue weighted by Crippen LogP contribution is -2.13. The molecule has 1 amide bonds. The Balaban J connectivity index is 2.29. The fourth-order valence-corrected chi connectivity index (χ4v) is 1.88. The second-order valence-corrected chi connectivity index (χ2v) is 4.43. The van der Waals surface area contributed by atoms with E-state index in [1.165, 1.54) is 14.2 Å². The van der Waals surface area contributed by atoms with Crippen LogP contribution in [0.3, 0.4) is 0 Å². The van der Waals surface area contributed by atoms with E-state index >= 15 is 0 Å². The van der Waals surface area contributed by atoms with Gasteiger partial charge in [-0.25, -0.2) is 0 Å². The molecule has 3 N–H and O–H groups in total. The summed E-state index contributed by atoms with van der Waals surface area (Å²) in [6.07, 6.45) is 1.59. The number of carbonyl (C=O) groups is 1. The van der Waals surface area contributed by atoms with Crippen molar-refractivity contribution in [2.45, 2.75) is 6.92 Å². The van der Waals surface area contributed by atoms with E-state index in [1.807, 2.05) is 6.92 Å². The van der Waals surface area contributed by atoms with Crippen molar-refractivity contribution in [3.05, 3.63) is 41.7 Å². The van der Waals surface area contributed by atoms with Crippen LogP contribution in [0.2, 0.25) is 0 Å². The average molecular weight is 287 g/mol. The predicted molar refractivity (Wildman–Crippen MR) is 80.9 cm³/mol. The minimum absolute atomic E-state index is 0.264. The quantitative estimate of drug-likeness (QED) is 0.842. The highest BCUT2D eigenvalue weighted by atomic mass is 16.5. The molecule has 0 unspecified atom stereocenters. The Kier molecular flexibility index (Phi) is 4.27. The Labute approximate surface area is 122 Å². The second-order valence-electron chi connectivity index (χ2n) is 4.43. The van der Waals surface area contributed by atoms with Crippen LogP contribution >= 0.6 is 0 Å². The van der Waals surface area contributed by atoms with Gasteiger partial charge in [0, 0.05) is 29.6 Å². The number of nitrogens with two attached hydrogens (primary N) is 1. The van der Waals surface area contributed by atoms with Crippen molar-refractivity contribution in [3.8, 4) is 11.5 Å². The molecule has 6 nitrogen and oxygen atoms in total. The van der Waals surface area contributed by atoms with Crippen molar-refractivity contribution < 1.29 is 14.3 Å². The monoisotopic (exact) mass is 287 g/mol. The molecule has 0 atom stereocenters. The summed E-state index contributed by atoms with van der Waals surface area (Å²) in [5.74, 6) is 0.736. The Morgan fingerprint density at radius 2 is 1.86 bits per heavy atom. The van der Waals surface area contributed by atoms with Crippen LogP contribution in [-0.4, -0.2) is 25.1 Å². The minimum atomic E-state index is -0.264. The molecule has 6 heteroatoms. The number of hydrogen-bond donors (Lipinski definition) is 2. The molecule has 2 aromatic rings. The summed E-state index contributed by atoms with van der Waals surface area (Å²) in [4.78, 5) is 16.3. The molecule has 0 aliphatic carbocycles. The number of aromatic nitrogens is 1. The minimum Gasteiger partial charge on any atom is -0.493 e. The molecule has 1 heterocycles. The van der Waals surface area contributed by atoms with Crippen LogP contribution in [0.5, 0.6) is 11.5 Å². The summed E-state index contributed by atoms with van der Waals surface area (Å²) in [5.41, 5.74) is 8.05. The molecule has 0 fully saturated rings. The number of amides is 1. The summed E-state index contributed by atoms with van der Waals surface area (Å²) in [6, 6.07) is 6.57. The molecule has 2 rings (SSSR count). The Morgan fingerprint density at radius 1 is 1.19 bits per heavy atom. The van der Waals surface area contributed by atoms with Gasteiger partial charge in [-0.15, -0.1) is 0 Å². The second kappa shape index (κ2) is 6.13. The van der Waals surface area contributed by atoms with Crippen molar-refractivity contribution in [1.82, 2.24) is 4.98 Å². The molecule has 110 valence electrons. The fourth-order valence-electron chi connectivity index (χ4n) is 1.88. The zero-order valence-corrected chi connectivity index (χ0v) is 12.1. The zero-order chi connectivity index (χ0) is 15.4. The van der Waals surface area contributed by atoms with Gasteiger partial charge in [0.2, 0.25) is 0 Å². The van der Waals surface area contributed by atoms with Crippen molar-refractivity contribution in [2.24, 2.45) is 0 Å². The van der Waals surface area contributed by atoms with E-state index in [1.54, 1.807) is 30.5 Å². The van der Waals surface area contributed by atoms with Gasteiger partial charge in [-0.3, -0.25) is 9.78 Å². The summed E-state index contributed by atoms with van der Waals surface area (Å²) in [5, 5.41) is 2.75. The third-order valence-corrected chi connectivity index (χ3v) is 2.96. The van der Waals surface area contributed by atoms with E-state index in [9.17, 15) is 4.79 Å². The van der Waals surface area contributed by atoms with Crippen molar-refractivity contribution >= 4 is 17.3 Å². The van der Waals surface area contributed by atoms with Gasteiger partial charge < -0.3 is 20.5 Å². The van der Waals surface area contributed by atoms with E-state index in [2.05, 4.69) is 10.3 Å². The number of benzene rings is 1. The molecular weight excluding hydrogens is 270 g/mol. The van der Waals surface area contributed by atoms with Crippen LogP contribution in [0, 0.1) is 6.92 Å². The van der Waals surface area contributed by atoms with Crippen LogP contribution in [0.15, 0.2) is 30.5 Å². The summed E-state index contributed by atoms with van der Waals surface area (Å²) < 4.78 is 10.3. The maximum absolute atomic E-state index is 12.2. The van der Waals surface area contributed by atoms with Gasteiger partial charge in [0.25, 0.3) is 5.91 Å². The molecule has 0 spiro atoms. The third-order valence-electron chi connectivity index (χ3n) is 2.96. The van der Waals surface area contributed by atoms with Gasteiger partial charge in [0.15, 0.2) is 11.5 Å². The number of nitrogen functional groups attached to an aromatic ring is 1. The number of methoxy groups -OCH3 is 2. The highest BCUT2D eigenvalue weighted by Crippen LogP contribution is 2.34. The number of nitrogens with zero attached hydrogens (tertiary/aromatic N) is 1. The number of nitrogens with one attached hydrogen (secondary N) is 1. The standard InChI is InChI=1S/C15H17N3O3/c1-9-6-10(4-5-17-9)15(19)18-12-8-14(21-3)13(20-2)7-11(12)16/h4-8H,16H2,1-3H3,(H,18,19). The van der Waals surface area contributed by atoms with Gasteiger partial charge in [-0.2, -0.15) is 0 Å². The van der Waals surface area contributed by atoms with Crippen LogP contribution < -0.4 is 20.5 Å². The van der Waals surface area contributed by atoms with Crippen LogP contribution in [-0.2, 0) is 0 Å². The number of rotatable bonds is 4. The lowest BCUT2D eigenvalue weighted by Gasteiger charge is -2.13. The first-order valence-corrected chi connectivity index (χ1v) is 6.30. The van der Waals surface area contributed by atoms with E-state index < -0.39 is 0 Å². The number of anilines is 2. The molecule has 0 saturated heterocycles. The highest BCUT2D eigenvalue weighted by Gasteiger charge is 2.13. The molecule has 1 aromatic heterocycles. The van der Waals surface area contributed by atoms with E-state index in [0.29, 0.717) is 28.4 Å². The first kappa shape index (κ1) is 14.6. The number of carbonyl (C=O) groups excluding carboxylic acids is 1.